The van der Waals surface area contributed by atoms with Crippen LogP contribution in [-0.4, -0.2) is 41.9 Å². The lowest BCUT2D eigenvalue weighted by atomic mass is 10.2. The van der Waals surface area contributed by atoms with Gasteiger partial charge in [-0.15, -0.1) is 12.4 Å². The predicted molar refractivity (Wildman–Crippen MR) is 76.7 cm³/mol. The van der Waals surface area contributed by atoms with Crippen molar-refractivity contribution < 1.29 is 14.0 Å². The number of nitrogens with one attached hydrogen (secondary N) is 1. The third-order valence-corrected chi connectivity index (χ3v) is 3.40. The molecule has 2 heterocycles. The highest BCUT2D eigenvalue weighted by Gasteiger charge is 2.31. The molecule has 1 aromatic heterocycles. The molecule has 112 valence electrons. The quantitative estimate of drug-likeness (QED) is 0.860. The van der Waals surface area contributed by atoms with Gasteiger partial charge < -0.3 is 20.4 Å². The van der Waals surface area contributed by atoms with E-state index in [1.54, 1.807) is 24.0 Å². The second-order valence-electron chi connectivity index (χ2n) is 4.74. The highest BCUT2D eigenvalue weighted by atomic mass is 35.5. The Labute approximate surface area is 124 Å². The van der Waals surface area contributed by atoms with Crippen molar-refractivity contribution in [1.29, 1.82) is 0 Å². The van der Waals surface area contributed by atoms with Crippen LogP contribution in [-0.2, 0) is 4.79 Å². The molecular weight excluding hydrogens is 282 g/mol. The lowest BCUT2D eigenvalue weighted by Gasteiger charge is -2.26. The average Bonchev–Trinajstić information content (AvgIpc) is 3.08. The summed E-state index contributed by atoms with van der Waals surface area (Å²) in [6.45, 7) is 2.85. The normalized spacial score (nSPS) is 19.3. The van der Waals surface area contributed by atoms with Crippen LogP contribution < -0.4 is 11.1 Å². The number of nitrogens with zero attached hydrogens (tertiary/aromatic N) is 1. The number of halogens is 1. The molecule has 0 radical (unpaired) electrons. The molecule has 0 spiro atoms. The summed E-state index contributed by atoms with van der Waals surface area (Å²) in [6.07, 6.45) is 3.32. The summed E-state index contributed by atoms with van der Waals surface area (Å²) in [4.78, 5) is 25.8. The van der Waals surface area contributed by atoms with Gasteiger partial charge in [0.25, 0.3) is 5.91 Å². The van der Waals surface area contributed by atoms with E-state index >= 15 is 0 Å². The van der Waals surface area contributed by atoms with Crippen molar-refractivity contribution in [1.82, 2.24) is 10.2 Å². The summed E-state index contributed by atoms with van der Waals surface area (Å²) in [7, 11) is 0. The number of amides is 2. The number of carbonyl (C=O) groups is 2. The maximum absolute atomic E-state index is 12.2. The second kappa shape index (κ2) is 7.31. The van der Waals surface area contributed by atoms with E-state index in [1.165, 1.54) is 6.26 Å². The number of hydrogen-bond donors (Lipinski definition) is 2. The zero-order valence-corrected chi connectivity index (χ0v) is 12.2. The molecule has 0 bridgehead atoms. The molecule has 1 fully saturated rings. The molecule has 6 nitrogen and oxygen atoms in total. The standard InChI is InChI=1S/C13H19N3O3.ClH/c1-9(15-12(17)11-5-3-7-19-11)13(18)16-6-2-4-10(16)8-14;/h3,5,7,9-10H,2,4,6,8,14H2,1H3,(H,15,17);1H. The van der Waals surface area contributed by atoms with E-state index in [1.807, 2.05) is 0 Å². The molecule has 2 atom stereocenters. The minimum atomic E-state index is -0.579. The zero-order valence-electron chi connectivity index (χ0n) is 11.4. The van der Waals surface area contributed by atoms with Crippen molar-refractivity contribution in [2.24, 2.45) is 5.73 Å². The smallest absolute Gasteiger partial charge is 0.287 e. The SMILES string of the molecule is CC(NC(=O)c1ccco1)C(=O)N1CCCC1CN.Cl. The number of likely N-dealkylation sites (tertiary alicyclic amines) is 1. The molecule has 2 amide bonds. The molecule has 20 heavy (non-hydrogen) atoms. The van der Waals surface area contributed by atoms with Gasteiger partial charge in [0.2, 0.25) is 5.91 Å². The molecule has 2 rings (SSSR count). The summed E-state index contributed by atoms with van der Waals surface area (Å²) in [5.41, 5.74) is 5.64. The Kier molecular flexibility index (Phi) is 6.04. The van der Waals surface area contributed by atoms with E-state index in [9.17, 15) is 9.59 Å². The Bertz CT molecular complexity index is 450. The maximum Gasteiger partial charge on any atom is 0.287 e. The highest BCUT2D eigenvalue weighted by molar-refractivity contribution is 5.95. The van der Waals surface area contributed by atoms with Crippen LogP contribution in [0.2, 0.25) is 0 Å². The lowest BCUT2D eigenvalue weighted by Crippen LogP contribution is -2.50. The van der Waals surface area contributed by atoms with Crippen LogP contribution in [0.5, 0.6) is 0 Å². The topological polar surface area (TPSA) is 88.6 Å². The summed E-state index contributed by atoms with van der Waals surface area (Å²) < 4.78 is 4.99. The molecule has 2 unspecified atom stereocenters. The van der Waals surface area contributed by atoms with Crippen molar-refractivity contribution in [3.8, 4) is 0 Å². The highest BCUT2D eigenvalue weighted by Crippen LogP contribution is 2.17. The van der Waals surface area contributed by atoms with Crippen molar-refractivity contribution in [3.05, 3.63) is 24.2 Å². The molecule has 1 aliphatic rings. The third-order valence-electron chi connectivity index (χ3n) is 3.40. The average molecular weight is 302 g/mol. The first kappa shape index (κ1) is 16.5. The minimum Gasteiger partial charge on any atom is -0.459 e. The van der Waals surface area contributed by atoms with Crippen molar-refractivity contribution in [3.63, 3.8) is 0 Å². The van der Waals surface area contributed by atoms with Crippen LogP contribution in [0.15, 0.2) is 22.8 Å². The lowest BCUT2D eigenvalue weighted by molar-refractivity contribution is -0.133. The molecule has 1 saturated heterocycles. The van der Waals surface area contributed by atoms with Gasteiger partial charge in [-0.2, -0.15) is 0 Å². The number of rotatable bonds is 4. The molecule has 1 aliphatic heterocycles. The monoisotopic (exact) mass is 301 g/mol. The van der Waals surface area contributed by atoms with E-state index in [2.05, 4.69) is 5.32 Å². The number of carbonyl (C=O) groups excluding carboxylic acids is 2. The molecule has 7 heteroatoms. The molecule has 0 saturated carbocycles. The Morgan fingerprint density at radius 3 is 2.95 bits per heavy atom. The first-order valence-corrected chi connectivity index (χ1v) is 6.48. The fourth-order valence-electron chi connectivity index (χ4n) is 2.36. The van der Waals surface area contributed by atoms with Crippen LogP contribution in [0.4, 0.5) is 0 Å². The molecule has 0 aromatic carbocycles. The predicted octanol–water partition coefficient (Wildman–Crippen LogP) is 0.769. The van der Waals surface area contributed by atoms with Crippen molar-refractivity contribution in [2.75, 3.05) is 13.1 Å². The molecular formula is C13H20ClN3O3. The number of nitrogens with two attached hydrogens (primary N) is 1. The Hall–Kier alpha value is -1.53. The Morgan fingerprint density at radius 1 is 1.60 bits per heavy atom. The van der Waals surface area contributed by atoms with Gasteiger partial charge >= 0.3 is 0 Å². The second-order valence-corrected chi connectivity index (χ2v) is 4.74. The summed E-state index contributed by atoms with van der Waals surface area (Å²) in [6, 6.07) is 2.71. The van der Waals surface area contributed by atoms with Gasteiger partial charge in [-0.3, -0.25) is 9.59 Å². The fraction of sp³-hybridized carbons (Fsp3) is 0.538. The van der Waals surface area contributed by atoms with Crippen LogP contribution in [0.25, 0.3) is 0 Å². The van der Waals surface area contributed by atoms with E-state index in [-0.39, 0.29) is 36.0 Å². The van der Waals surface area contributed by atoms with Crippen LogP contribution in [0, 0.1) is 0 Å². The van der Waals surface area contributed by atoms with E-state index in [0.717, 1.165) is 12.8 Å². The Morgan fingerprint density at radius 2 is 2.35 bits per heavy atom. The van der Waals surface area contributed by atoms with Gasteiger partial charge in [0.05, 0.1) is 6.26 Å². The van der Waals surface area contributed by atoms with Crippen LogP contribution >= 0.6 is 12.4 Å². The van der Waals surface area contributed by atoms with E-state index in [4.69, 9.17) is 10.2 Å². The van der Waals surface area contributed by atoms with E-state index in [0.29, 0.717) is 13.1 Å². The van der Waals surface area contributed by atoms with Crippen LogP contribution in [0.3, 0.4) is 0 Å². The van der Waals surface area contributed by atoms with Gasteiger partial charge in [0, 0.05) is 19.1 Å². The van der Waals surface area contributed by atoms with Gasteiger partial charge in [0.15, 0.2) is 5.76 Å². The minimum absolute atomic E-state index is 0. The number of furan rings is 1. The third kappa shape index (κ3) is 3.52. The largest absolute Gasteiger partial charge is 0.459 e. The van der Waals surface area contributed by atoms with Gasteiger partial charge in [-0.05, 0) is 31.9 Å². The fourth-order valence-corrected chi connectivity index (χ4v) is 2.36. The van der Waals surface area contributed by atoms with Gasteiger partial charge in [-0.1, -0.05) is 0 Å². The van der Waals surface area contributed by atoms with Crippen LogP contribution in [0.1, 0.15) is 30.3 Å². The van der Waals surface area contributed by atoms with E-state index < -0.39 is 6.04 Å². The molecule has 0 aliphatic carbocycles. The maximum atomic E-state index is 12.2. The molecule has 3 N–H and O–H groups in total. The van der Waals surface area contributed by atoms with Gasteiger partial charge in [0.1, 0.15) is 6.04 Å². The summed E-state index contributed by atoms with van der Waals surface area (Å²) in [5, 5.41) is 2.64. The zero-order chi connectivity index (χ0) is 13.8. The first-order chi connectivity index (χ1) is 9.13. The summed E-state index contributed by atoms with van der Waals surface area (Å²) >= 11 is 0. The number of hydrogen-bond acceptors (Lipinski definition) is 4. The first-order valence-electron chi connectivity index (χ1n) is 6.48. The molecule has 1 aromatic rings. The Balaban J connectivity index is 0.00000200. The van der Waals surface area contributed by atoms with Crippen molar-refractivity contribution in [2.45, 2.75) is 31.8 Å². The van der Waals surface area contributed by atoms with Gasteiger partial charge in [-0.25, -0.2) is 0 Å². The summed E-state index contributed by atoms with van der Waals surface area (Å²) in [5.74, 6) is -0.265. The van der Waals surface area contributed by atoms with Crippen molar-refractivity contribution >= 4 is 24.2 Å².